The Hall–Kier alpha value is -18.6. The summed E-state index contributed by atoms with van der Waals surface area (Å²) >= 11 is 0. The minimum Gasteiger partial charge on any atom is -0.208 e. The van der Waals surface area contributed by atoms with Crippen molar-refractivity contribution in [1.29, 1.82) is 0 Å². The summed E-state index contributed by atoms with van der Waals surface area (Å²) in [6.07, 6.45) is 0. The molecular weight excluding hydrogens is 1740 g/mol. The van der Waals surface area contributed by atoms with Gasteiger partial charge in [0.1, 0.15) is 0 Å². The molecule has 0 bridgehead atoms. The Morgan fingerprint density at radius 1 is 0.133 bits per heavy atom. The number of hydrogen-bond acceptors (Lipinski definition) is 9. The Morgan fingerprint density at radius 2 is 0.315 bits per heavy atom. The predicted molar refractivity (Wildman–Crippen MR) is 585 cm³/mol. The van der Waals surface area contributed by atoms with E-state index in [1.165, 1.54) is 100 Å². The van der Waals surface area contributed by atoms with Crippen LogP contribution in [0.5, 0.6) is 0 Å². The molecule has 0 N–H and O–H groups in total. The van der Waals surface area contributed by atoms with E-state index in [-0.39, 0.29) is 10.8 Å². The predicted octanol–water partition coefficient (Wildman–Crippen LogP) is 32.5. The molecule has 3 aromatic heterocycles. The Kier molecular flexibility index (Phi) is 19.9. The SMILES string of the molecule is CC1(C)c2ccccc2-c2cc(-c3nc(-c4cccc5ccccc45)nc(-c4cccc5ccccc45)n3)ccc21.c1ccc(C2(c3ccccc3)c3ccccc3-c3cc(-c4nc(-c5cccc6ccccc56)nc(-c5cccc6ccccc56)n4)ccc32)cc1.c1ccc2c(c1)-c1ccccc1C21c2ccccc2-c2cc(-c3nc(-c4cccc5ccccc45)nc(-c4cccc5ccccc45)n3)ccc21. The van der Waals surface area contributed by atoms with Gasteiger partial charge >= 0.3 is 0 Å². The van der Waals surface area contributed by atoms with E-state index in [4.69, 9.17) is 44.9 Å². The zero-order valence-electron chi connectivity index (χ0n) is 78.3. The number of nitrogens with zero attached hydrogens (tertiary/aromatic N) is 9. The van der Waals surface area contributed by atoms with Crippen molar-refractivity contribution in [3.05, 3.63) is 547 Å². The fourth-order valence-corrected chi connectivity index (χ4v) is 23.4. The van der Waals surface area contributed by atoms with Crippen molar-refractivity contribution in [1.82, 2.24) is 44.9 Å². The molecule has 668 valence electrons. The number of aromatic nitrogens is 9. The molecule has 9 heteroatoms. The van der Waals surface area contributed by atoms with Crippen LogP contribution in [0.4, 0.5) is 0 Å². The highest BCUT2D eigenvalue weighted by Gasteiger charge is 2.52. The van der Waals surface area contributed by atoms with Gasteiger partial charge in [0.15, 0.2) is 52.4 Å². The summed E-state index contributed by atoms with van der Waals surface area (Å²) in [5, 5.41) is 13.6. The molecule has 0 unspecified atom stereocenters. The summed E-state index contributed by atoms with van der Waals surface area (Å²) < 4.78 is 0. The van der Waals surface area contributed by atoms with E-state index < -0.39 is 5.41 Å². The van der Waals surface area contributed by atoms with Crippen molar-refractivity contribution >= 4 is 64.6 Å². The normalized spacial score (nSPS) is 13.1. The fraction of sp³-hybridized carbons (Fsp3) is 0.0373. The minimum absolute atomic E-state index is 0.0498. The second-order valence-electron chi connectivity index (χ2n) is 37.9. The zero-order chi connectivity index (χ0) is 94.9. The first-order valence-corrected chi connectivity index (χ1v) is 48.9. The highest BCUT2D eigenvalue weighted by atomic mass is 15.1. The van der Waals surface area contributed by atoms with Gasteiger partial charge in [-0.3, -0.25) is 0 Å². The Morgan fingerprint density at radius 3 is 0.608 bits per heavy atom. The van der Waals surface area contributed by atoms with Gasteiger partial charge in [0.2, 0.25) is 0 Å². The lowest BCUT2D eigenvalue weighted by Gasteiger charge is -2.33. The molecule has 143 heavy (non-hydrogen) atoms. The van der Waals surface area contributed by atoms with Crippen LogP contribution in [-0.2, 0) is 16.2 Å². The molecule has 9 nitrogen and oxygen atoms in total. The van der Waals surface area contributed by atoms with Gasteiger partial charge in [0.25, 0.3) is 0 Å². The molecular formula is C134H87N9. The van der Waals surface area contributed by atoms with Gasteiger partial charge in [-0.1, -0.05) is 487 Å². The standard InChI is InChI=1S/C48H29N3.C48H31N3.C38H27N3/c1-3-17-33-30(13-1)15-11-22-38(33)46-49-45(50-47(51-46)39-23-12-16-31-14-2-4-18-34(31)39)32-27-28-44-40(29-32)37-21-7-10-26-43(37)48(44)41-24-8-5-19-35(41)36-20-6-9-25-42(36)48;1-3-19-35(20-4-1)48(36-21-5-2-6-22-36)43-28-12-11-25-39(43)42-31-34(29-30-44(42)48)45-49-46(40-26-13-17-32-15-7-9-23-37(32)40)51-47(50-45)41-27-14-18-33-16-8-10-24-38(33)41;1-38(2)33-20-8-7-17-29(33)32-23-26(21-22-34(32)38)35-39-36(30-18-9-13-24-11-3-5-15-27(24)30)41-37(40-35)31-19-10-14-25-12-4-6-16-28(25)31/h1-29H;1-31H;3-23H,1-2H3. The third kappa shape index (κ3) is 13.6. The quantitative estimate of drug-likeness (QED) is 0.125. The molecule has 0 fully saturated rings. The zero-order valence-corrected chi connectivity index (χ0v) is 78.3. The van der Waals surface area contributed by atoms with E-state index >= 15 is 0 Å². The van der Waals surface area contributed by atoms with Crippen molar-refractivity contribution in [3.8, 4) is 147 Å². The topological polar surface area (TPSA) is 116 Å². The second kappa shape index (κ2) is 34.0. The van der Waals surface area contributed by atoms with Crippen LogP contribution < -0.4 is 0 Å². The number of fused-ring (bicyclic) bond motifs is 22. The summed E-state index contributed by atoms with van der Waals surface area (Å²) in [5.74, 6) is 5.97. The second-order valence-corrected chi connectivity index (χ2v) is 37.9. The average Bonchev–Trinajstić information content (AvgIpc) is 1.48. The van der Waals surface area contributed by atoms with Crippen molar-refractivity contribution in [2.75, 3.05) is 0 Å². The van der Waals surface area contributed by atoms with E-state index in [0.29, 0.717) is 52.4 Å². The summed E-state index contributed by atoms with van der Waals surface area (Å²) in [4.78, 5) is 46.7. The molecule has 0 aliphatic heterocycles. The van der Waals surface area contributed by atoms with Crippen LogP contribution in [0.1, 0.15) is 69.5 Å². The van der Waals surface area contributed by atoms with Crippen LogP contribution >= 0.6 is 0 Å². The summed E-state index contributed by atoms with van der Waals surface area (Å²) in [7, 11) is 0. The first-order valence-electron chi connectivity index (χ1n) is 48.9. The molecule has 25 aromatic rings. The lowest BCUT2D eigenvalue weighted by atomic mass is 9.67. The third-order valence-corrected chi connectivity index (χ3v) is 29.9. The summed E-state index contributed by atoms with van der Waals surface area (Å²) in [6, 6.07) is 175. The van der Waals surface area contributed by atoms with Crippen molar-refractivity contribution in [2.45, 2.75) is 30.1 Å². The molecule has 4 aliphatic carbocycles. The lowest BCUT2D eigenvalue weighted by molar-refractivity contribution is 0.660. The Bertz CT molecular complexity index is 8790. The molecule has 1 spiro atoms. The maximum Gasteiger partial charge on any atom is 0.164 e. The van der Waals surface area contributed by atoms with Crippen LogP contribution in [0.25, 0.3) is 212 Å². The first-order chi connectivity index (χ1) is 70.6. The van der Waals surface area contributed by atoms with Crippen LogP contribution in [0, 0.1) is 0 Å². The molecule has 22 aromatic carbocycles. The molecule has 3 heterocycles. The largest absolute Gasteiger partial charge is 0.208 e. The lowest BCUT2D eigenvalue weighted by Crippen LogP contribution is -2.28. The summed E-state index contributed by atoms with van der Waals surface area (Å²) in [5.41, 5.74) is 30.9. The number of benzene rings is 22. The van der Waals surface area contributed by atoms with E-state index in [1.807, 2.05) is 0 Å². The fourth-order valence-electron chi connectivity index (χ4n) is 23.4. The maximum atomic E-state index is 5.25. The van der Waals surface area contributed by atoms with Gasteiger partial charge in [0, 0.05) is 55.5 Å². The van der Waals surface area contributed by atoms with E-state index in [0.717, 1.165) is 115 Å². The van der Waals surface area contributed by atoms with Gasteiger partial charge in [-0.2, -0.15) is 0 Å². The van der Waals surface area contributed by atoms with Gasteiger partial charge in [-0.25, -0.2) is 44.9 Å². The van der Waals surface area contributed by atoms with Crippen LogP contribution in [0.2, 0.25) is 0 Å². The van der Waals surface area contributed by atoms with Crippen LogP contribution in [0.15, 0.2) is 491 Å². The summed E-state index contributed by atoms with van der Waals surface area (Å²) in [6.45, 7) is 4.61. The van der Waals surface area contributed by atoms with Gasteiger partial charge in [-0.05, 0) is 183 Å². The van der Waals surface area contributed by atoms with Gasteiger partial charge in [-0.15, -0.1) is 0 Å². The molecule has 29 rings (SSSR count). The van der Waals surface area contributed by atoms with Crippen molar-refractivity contribution in [3.63, 3.8) is 0 Å². The highest BCUT2D eigenvalue weighted by molar-refractivity contribution is 6.04. The molecule has 0 saturated carbocycles. The van der Waals surface area contributed by atoms with Crippen molar-refractivity contribution < 1.29 is 0 Å². The van der Waals surface area contributed by atoms with E-state index in [1.54, 1.807) is 0 Å². The van der Waals surface area contributed by atoms with E-state index in [9.17, 15) is 0 Å². The third-order valence-electron chi connectivity index (χ3n) is 29.9. The van der Waals surface area contributed by atoms with Gasteiger partial charge < -0.3 is 0 Å². The Balaban J connectivity index is 0.000000108. The highest BCUT2D eigenvalue weighted by Crippen LogP contribution is 2.64. The number of rotatable bonds is 11. The molecule has 0 saturated heterocycles. The maximum absolute atomic E-state index is 5.25. The first kappa shape index (κ1) is 83.8. The molecule has 0 atom stereocenters. The molecule has 0 radical (unpaired) electrons. The van der Waals surface area contributed by atoms with Crippen molar-refractivity contribution in [2.24, 2.45) is 0 Å². The Labute approximate surface area is 827 Å². The molecule has 4 aliphatic rings. The smallest absolute Gasteiger partial charge is 0.164 e. The monoisotopic (exact) mass is 1820 g/mol. The minimum atomic E-state index is -0.464. The average molecular weight is 1820 g/mol. The van der Waals surface area contributed by atoms with Crippen LogP contribution in [0.3, 0.4) is 0 Å². The van der Waals surface area contributed by atoms with Gasteiger partial charge in [0.05, 0.1) is 10.8 Å². The van der Waals surface area contributed by atoms with E-state index in [2.05, 4.69) is 505 Å². The number of hydrogen-bond donors (Lipinski definition) is 0. The molecule has 0 amide bonds. The van der Waals surface area contributed by atoms with Crippen LogP contribution in [-0.4, -0.2) is 44.9 Å².